The highest BCUT2D eigenvalue weighted by Crippen LogP contribution is 2.33. The first-order valence-electron chi connectivity index (χ1n) is 3.75. The van der Waals surface area contributed by atoms with Crippen molar-refractivity contribution in [1.82, 2.24) is 4.90 Å². The third-order valence-corrected chi connectivity index (χ3v) is 2.10. The van der Waals surface area contributed by atoms with Gasteiger partial charge >= 0.3 is 6.18 Å². The van der Waals surface area contributed by atoms with Crippen LogP contribution in [0, 0.1) is 17.4 Å². The molecular weight excluding hydrogens is 169 g/mol. The molecule has 0 saturated carbocycles. The van der Waals surface area contributed by atoms with Crippen LogP contribution in [0.25, 0.3) is 0 Å². The zero-order valence-electron chi connectivity index (χ0n) is 6.43. The molecule has 0 spiro atoms. The van der Waals surface area contributed by atoms with Crippen LogP contribution in [0.5, 0.6) is 0 Å². The molecule has 5 heteroatoms. The number of nitrogens with zero attached hydrogens (tertiary/aromatic N) is 2. The number of alkyl halides is 3. The van der Waals surface area contributed by atoms with E-state index >= 15 is 0 Å². The number of nitriles is 1. The van der Waals surface area contributed by atoms with Crippen molar-refractivity contribution in [2.24, 2.45) is 5.92 Å². The number of hydrogen-bond donors (Lipinski definition) is 0. The summed E-state index contributed by atoms with van der Waals surface area (Å²) in [6, 6.07) is 0. The van der Waals surface area contributed by atoms with Crippen molar-refractivity contribution in [3.05, 3.63) is 0 Å². The summed E-state index contributed by atoms with van der Waals surface area (Å²) in [5, 5.41) is 8.37. The quantitative estimate of drug-likeness (QED) is 0.528. The smallest absolute Gasteiger partial charge is 0.311 e. The molecule has 0 radical (unpaired) electrons. The van der Waals surface area contributed by atoms with Crippen LogP contribution >= 0.6 is 0 Å². The zero-order valence-corrected chi connectivity index (χ0v) is 6.43. The van der Waals surface area contributed by atoms with E-state index in [1.54, 1.807) is 0 Å². The Hall–Kier alpha value is -0.920. The van der Waals surface area contributed by atoms with Crippen molar-refractivity contribution in [3.63, 3.8) is 0 Å². The summed E-state index contributed by atoms with van der Waals surface area (Å²) >= 11 is 0. The lowest BCUT2D eigenvalue weighted by Gasteiger charge is -2.29. The van der Waals surface area contributed by atoms with E-state index in [0.29, 0.717) is 0 Å². The maximum absolute atomic E-state index is 12.1. The number of likely N-dealkylation sites (tertiary alicyclic amines) is 1. The molecule has 1 rings (SSSR count). The minimum absolute atomic E-state index is 0.0526. The topological polar surface area (TPSA) is 27.0 Å². The average Bonchev–Trinajstić information content (AvgIpc) is 2.03. The molecule has 0 N–H and O–H groups in total. The highest BCUT2D eigenvalue weighted by atomic mass is 19.4. The van der Waals surface area contributed by atoms with Gasteiger partial charge < -0.3 is 4.90 Å². The molecule has 68 valence electrons. The summed E-state index contributed by atoms with van der Waals surface area (Å²) in [7, 11) is 0. The zero-order chi connectivity index (χ0) is 9.19. The molecule has 1 saturated heterocycles. The normalized spacial score (nSPS) is 20.7. The van der Waals surface area contributed by atoms with Gasteiger partial charge in [-0.3, -0.25) is 0 Å². The van der Waals surface area contributed by atoms with Gasteiger partial charge in [-0.2, -0.15) is 18.4 Å². The maximum atomic E-state index is 12.1. The van der Waals surface area contributed by atoms with Crippen LogP contribution in [0.4, 0.5) is 13.2 Å². The predicted molar refractivity (Wildman–Crippen MR) is 36.0 cm³/mol. The highest BCUT2D eigenvalue weighted by molar-refractivity contribution is 4.83. The Balaban J connectivity index is 2.42. The third-order valence-electron chi connectivity index (χ3n) is 2.10. The van der Waals surface area contributed by atoms with Gasteiger partial charge in [0, 0.05) is 13.1 Å². The summed E-state index contributed by atoms with van der Waals surface area (Å²) in [5.41, 5.74) is 0. The lowest BCUT2D eigenvalue weighted by molar-refractivity contribution is -0.183. The van der Waals surface area contributed by atoms with E-state index in [1.807, 2.05) is 6.19 Å². The fourth-order valence-electron chi connectivity index (χ4n) is 1.31. The van der Waals surface area contributed by atoms with E-state index in [4.69, 9.17) is 5.26 Å². The molecule has 1 aliphatic rings. The van der Waals surface area contributed by atoms with E-state index in [-0.39, 0.29) is 25.9 Å². The van der Waals surface area contributed by atoms with Crippen LogP contribution < -0.4 is 0 Å². The second-order valence-electron chi connectivity index (χ2n) is 2.90. The molecule has 1 fully saturated rings. The maximum Gasteiger partial charge on any atom is 0.391 e. The van der Waals surface area contributed by atoms with Crippen LogP contribution in [-0.4, -0.2) is 24.2 Å². The summed E-state index contributed by atoms with van der Waals surface area (Å²) in [5.74, 6) is -1.21. The van der Waals surface area contributed by atoms with E-state index in [0.717, 1.165) is 0 Å². The van der Waals surface area contributed by atoms with Gasteiger partial charge in [0.25, 0.3) is 0 Å². The molecule has 1 aliphatic heterocycles. The monoisotopic (exact) mass is 178 g/mol. The molecule has 0 bridgehead atoms. The number of rotatable bonds is 0. The molecule has 0 aromatic carbocycles. The van der Waals surface area contributed by atoms with Crippen LogP contribution in [-0.2, 0) is 0 Å². The SMILES string of the molecule is N#CN1CCC(C(F)(F)F)CC1. The van der Waals surface area contributed by atoms with Crippen molar-refractivity contribution >= 4 is 0 Å². The second kappa shape index (κ2) is 3.21. The van der Waals surface area contributed by atoms with Crippen molar-refractivity contribution in [2.45, 2.75) is 19.0 Å². The van der Waals surface area contributed by atoms with Gasteiger partial charge in [-0.05, 0) is 12.8 Å². The average molecular weight is 178 g/mol. The van der Waals surface area contributed by atoms with Crippen LogP contribution in [0.15, 0.2) is 0 Å². The minimum Gasteiger partial charge on any atom is -0.311 e. The molecule has 1 heterocycles. The van der Waals surface area contributed by atoms with Gasteiger partial charge in [0.2, 0.25) is 0 Å². The first-order valence-corrected chi connectivity index (χ1v) is 3.75. The van der Waals surface area contributed by atoms with E-state index < -0.39 is 12.1 Å². The van der Waals surface area contributed by atoms with E-state index in [9.17, 15) is 13.2 Å². The fourth-order valence-corrected chi connectivity index (χ4v) is 1.31. The Kier molecular flexibility index (Phi) is 2.46. The Bertz CT molecular complexity index is 186. The van der Waals surface area contributed by atoms with Gasteiger partial charge in [-0.25, -0.2) is 0 Å². The molecule has 0 aromatic heterocycles. The third kappa shape index (κ3) is 2.03. The molecule has 12 heavy (non-hydrogen) atoms. The van der Waals surface area contributed by atoms with Crippen molar-refractivity contribution in [2.75, 3.05) is 13.1 Å². The van der Waals surface area contributed by atoms with E-state index in [1.165, 1.54) is 4.90 Å². The van der Waals surface area contributed by atoms with Gasteiger partial charge in [0.1, 0.15) is 0 Å². The molecule has 0 amide bonds. The first-order chi connectivity index (χ1) is 5.54. The Morgan fingerprint density at radius 3 is 2.08 bits per heavy atom. The summed E-state index contributed by atoms with van der Waals surface area (Å²) < 4.78 is 36.2. The summed E-state index contributed by atoms with van der Waals surface area (Å²) in [6.45, 7) is 0.474. The lowest BCUT2D eigenvalue weighted by atomic mass is 9.97. The van der Waals surface area contributed by atoms with Gasteiger partial charge in [-0.15, -0.1) is 0 Å². The summed E-state index contributed by atoms with van der Waals surface area (Å²) in [4.78, 5) is 1.36. The van der Waals surface area contributed by atoms with Crippen LogP contribution in [0.2, 0.25) is 0 Å². The van der Waals surface area contributed by atoms with Crippen molar-refractivity contribution < 1.29 is 13.2 Å². The van der Waals surface area contributed by atoms with Gasteiger partial charge in [0.05, 0.1) is 5.92 Å². The van der Waals surface area contributed by atoms with Crippen LogP contribution in [0.3, 0.4) is 0 Å². The molecule has 0 atom stereocenters. The summed E-state index contributed by atoms with van der Waals surface area (Å²) in [6.07, 6.45) is -2.13. The molecule has 2 nitrogen and oxygen atoms in total. The fraction of sp³-hybridized carbons (Fsp3) is 0.857. The van der Waals surface area contributed by atoms with E-state index in [2.05, 4.69) is 0 Å². The molecule has 0 aliphatic carbocycles. The Labute approximate surface area is 68.6 Å². The van der Waals surface area contributed by atoms with Crippen LogP contribution in [0.1, 0.15) is 12.8 Å². The Morgan fingerprint density at radius 1 is 1.25 bits per heavy atom. The molecule has 0 aromatic rings. The number of hydrogen-bond acceptors (Lipinski definition) is 2. The second-order valence-corrected chi connectivity index (χ2v) is 2.90. The highest BCUT2D eigenvalue weighted by Gasteiger charge is 2.40. The number of piperidine rings is 1. The lowest BCUT2D eigenvalue weighted by Crippen LogP contribution is -2.36. The minimum atomic E-state index is -4.08. The molecular formula is C7H9F3N2. The Morgan fingerprint density at radius 2 is 1.75 bits per heavy atom. The predicted octanol–water partition coefficient (Wildman–Crippen LogP) is 1.74. The van der Waals surface area contributed by atoms with Crippen molar-refractivity contribution in [1.29, 1.82) is 5.26 Å². The first kappa shape index (κ1) is 9.17. The van der Waals surface area contributed by atoms with Gasteiger partial charge in [0.15, 0.2) is 6.19 Å². The number of halogens is 3. The van der Waals surface area contributed by atoms with Crippen molar-refractivity contribution in [3.8, 4) is 6.19 Å². The standard InChI is InChI=1S/C7H9F3N2/c8-7(9,10)6-1-3-12(5-11)4-2-6/h6H,1-4H2. The van der Waals surface area contributed by atoms with Gasteiger partial charge in [-0.1, -0.05) is 0 Å². The molecule has 0 unspecified atom stereocenters. The largest absolute Gasteiger partial charge is 0.391 e.